The molecule has 1 heterocycles. The Morgan fingerprint density at radius 1 is 0.960 bits per heavy atom. The Morgan fingerprint density at radius 3 is 2.20 bits per heavy atom. The first-order valence-corrected chi connectivity index (χ1v) is 9.39. The highest BCUT2D eigenvalue weighted by Crippen LogP contribution is 2.26. The molecular formula is C19H20N2O3S. The maximum absolute atomic E-state index is 12.5. The molecule has 0 atom stereocenters. The molecule has 0 aliphatic rings. The summed E-state index contributed by atoms with van der Waals surface area (Å²) in [5.74, 6) is 0.653. The molecule has 0 saturated heterocycles. The van der Waals surface area contributed by atoms with E-state index in [-0.39, 0.29) is 16.1 Å². The maximum atomic E-state index is 12.5. The van der Waals surface area contributed by atoms with Crippen LogP contribution in [0.3, 0.4) is 0 Å². The van der Waals surface area contributed by atoms with Crippen LogP contribution in [0, 0.1) is 0 Å². The van der Waals surface area contributed by atoms with Gasteiger partial charge in [-0.15, -0.1) is 0 Å². The number of nitrogens with zero attached hydrogens (tertiary/aromatic N) is 1. The van der Waals surface area contributed by atoms with Crippen LogP contribution in [0.15, 0.2) is 70.1 Å². The number of nitrogens with one attached hydrogen (secondary N) is 1. The van der Waals surface area contributed by atoms with Gasteiger partial charge in [0.25, 0.3) is 10.0 Å². The minimum absolute atomic E-state index is 0.0353. The first-order valence-electron chi connectivity index (χ1n) is 7.91. The van der Waals surface area contributed by atoms with E-state index in [1.807, 2.05) is 42.5 Å². The molecule has 0 bridgehead atoms. The molecule has 0 saturated carbocycles. The van der Waals surface area contributed by atoms with Crippen LogP contribution in [0.2, 0.25) is 0 Å². The Kier molecular flexibility index (Phi) is 4.39. The van der Waals surface area contributed by atoms with Crippen molar-refractivity contribution in [2.24, 2.45) is 0 Å². The monoisotopic (exact) mass is 356 g/mol. The SMILES string of the molecule is CC(C)(C)c1ccc(S(=O)(=O)Nc2cc(-c3ccccc3)on2)cc1. The molecule has 6 heteroatoms. The van der Waals surface area contributed by atoms with Gasteiger partial charge in [-0.2, -0.15) is 0 Å². The van der Waals surface area contributed by atoms with Gasteiger partial charge in [0.2, 0.25) is 0 Å². The molecule has 25 heavy (non-hydrogen) atoms. The van der Waals surface area contributed by atoms with Crippen molar-refractivity contribution < 1.29 is 12.9 Å². The summed E-state index contributed by atoms with van der Waals surface area (Å²) in [5, 5.41) is 3.79. The fraction of sp³-hybridized carbons (Fsp3) is 0.211. The summed E-state index contributed by atoms with van der Waals surface area (Å²) < 4.78 is 32.7. The van der Waals surface area contributed by atoms with Crippen molar-refractivity contribution in [1.29, 1.82) is 0 Å². The average Bonchev–Trinajstić information content (AvgIpc) is 3.03. The number of anilines is 1. The molecule has 0 radical (unpaired) electrons. The van der Waals surface area contributed by atoms with Crippen molar-refractivity contribution >= 4 is 15.8 Å². The number of rotatable bonds is 4. The lowest BCUT2D eigenvalue weighted by Gasteiger charge is -2.19. The summed E-state index contributed by atoms with van der Waals surface area (Å²) in [5.41, 5.74) is 1.86. The molecule has 130 valence electrons. The Morgan fingerprint density at radius 2 is 1.60 bits per heavy atom. The van der Waals surface area contributed by atoms with Crippen LogP contribution in [-0.4, -0.2) is 13.6 Å². The summed E-state index contributed by atoms with van der Waals surface area (Å²) in [4.78, 5) is 0.185. The molecule has 5 nitrogen and oxygen atoms in total. The van der Waals surface area contributed by atoms with E-state index in [1.54, 1.807) is 18.2 Å². The Balaban J connectivity index is 1.81. The molecule has 0 unspecified atom stereocenters. The van der Waals surface area contributed by atoms with Crippen LogP contribution in [0.4, 0.5) is 5.82 Å². The van der Waals surface area contributed by atoms with E-state index in [2.05, 4.69) is 30.6 Å². The molecule has 1 aromatic heterocycles. The third-order valence-electron chi connectivity index (χ3n) is 3.84. The van der Waals surface area contributed by atoms with Gasteiger partial charge in [-0.25, -0.2) is 8.42 Å². The highest BCUT2D eigenvalue weighted by atomic mass is 32.2. The van der Waals surface area contributed by atoms with Crippen LogP contribution in [0.5, 0.6) is 0 Å². The van der Waals surface area contributed by atoms with Crippen LogP contribution in [-0.2, 0) is 15.4 Å². The molecule has 0 aliphatic carbocycles. The normalized spacial score (nSPS) is 12.1. The van der Waals surface area contributed by atoms with Gasteiger partial charge in [-0.1, -0.05) is 68.4 Å². The van der Waals surface area contributed by atoms with Gasteiger partial charge in [0.1, 0.15) is 0 Å². The third kappa shape index (κ3) is 3.91. The predicted molar refractivity (Wildman–Crippen MR) is 97.9 cm³/mol. The average molecular weight is 356 g/mol. The summed E-state index contributed by atoms with van der Waals surface area (Å²) in [6.07, 6.45) is 0. The fourth-order valence-corrected chi connectivity index (χ4v) is 3.38. The summed E-state index contributed by atoms with van der Waals surface area (Å²) in [6, 6.07) is 17.8. The minimum atomic E-state index is -3.72. The molecular weight excluding hydrogens is 336 g/mol. The second-order valence-corrected chi connectivity index (χ2v) is 8.50. The zero-order chi connectivity index (χ0) is 18.1. The first kappa shape index (κ1) is 17.2. The van der Waals surface area contributed by atoms with E-state index in [0.717, 1.165) is 11.1 Å². The Bertz CT molecular complexity index is 954. The number of sulfonamides is 1. The van der Waals surface area contributed by atoms with Crippen LogP contribution in [0.1, 0.15) is 26.3 Å². The Labute approximate surface area is 147 Å². The molecule has 0 spiro atoms. The summed E-state index contributed by atoms with van der Waals surface area (Å²) in [6.45, 7) is 6.24. The van der Waals surface area contributed by atoms with Crippen molar-refractivity contribution in [2.75, 3.05) is 4.72 Å². The van der Waals surface area contributed by atoms with Crippen LogP contribution in [0.25, 0.3) is 11.3 Å². The van der Waals surface area contributed by atoms with Gasteiger partial charge in [0.15, 0.2) is 11.6 Å². The van der Waals surface area contributed by atoms with Crippen LogP contribution >= 0.6 is 0 Å². The van der Waals surface area contributed by atoms with Crippen molar-refractivity contribution in [3.63, 3.8) is 0 Å². The second-order valence-electron chi connectivity index (χ2n) is 6.82. The lowest BCUT2D eigenvalue weighted by molar-refractivity contribution is 0.435. The molecule has 3 aromatic rings. The summed E-state index contributed by atoms with van der Waals surface area (Å²) >= 11 is 0. The zero-order valence-electron chi connectivity index (χ0n) is 14.4. The minimum Gasteiger partial charge on any atom is -0.354 e. The van der Waals surface area contributed by atoms with Gasteiger partial charge in [0, 0.05) is 11.6 Å². The van der Waals surface area contributed by atoms with E-state index in [1.165, 1.54) is 0 Å². The van der Waals surface area contributed by atoms with E-state index < -0.39 is 10.0 Å². The van der Waals surface area contributed by atoms with Crippen molar-refractivity contribution in [3.05, 3.63) is 66.2 Å². The van der Waals surface area contributed by atoms with Gasteiger partial charge in [-0.05, 0) is 23.1 Å². The van der Waals surface area contributed by atoms with Crippen molar-refractivity contribution in [1.82, 2.24) is 5.16 Å². The van der Waals surface area contributed by atoms with Gasteiger partial charge in [-0.3, -0.25) is 4.72 Å². The number of hydrogen-bond donors (Lipinski definition) is 1. The van der Waals surface area contributed by atoms with Gasteiger partial charge in [0.05, 0.1) is 4.90 Å². The maximum Gasteiger partial charge on any atom is 0.263 e. The highest BCUT2D eigenvalue weighted by molar-refractivity contribution is 7.92. The van der Waals surface area contributed by atoms with E-state index in [4.69, 9.17) is 4.52 Å². The highest BCUT2D eigenvalue weighted by Gasteiger charge is 2.19. The quantitative estimate of drug-likeness (QED) is 0.750. The number of aromatic nitrogens is 1. The van der Waals surface area contributed by atoms with Crippen molar-refractivity contribution in [3.8, 4) is 11.3 Å². The molecule has 1 N–H and O–H groups in total. The molecule has 0 amide bonds. The molecule has 2 aromatic carbocycles. The van der Waals surface area contributed by atoms with Gasteiger partial charge >= 0.3 is 0 Å². The largest absolute Gasteiger partial charge is 0.354 e. The van der Waals surface area contributed by atoms with E-state index in [9.17, 15) is 8.42 Å². The standard InChI is InChI=1S/C19H20N2O3S/c1-19(2,3)15-9-11-16(12-10-15)25(22,23)21-18-13-17(24-20-18)14-7-5-4-6-8-14/h4-13H,1-3H3,(H,20,21). The third-order valence-corrected chi connectivity index (χ3v) is 5.21. The smallest absolute Gasteiger partial charge is 0.263 e. The van der Waals surface area contributed by atoms with Gasteiger partial charge < -0.3 is 4.52 Å². The number of benzene rings is 2. The van der Waals surface area contributed by atoms with E-state index in [0.29, 0.717) is 5.76 Å². The second kappa shape index (κ2) is 6.37. The van der Waals surface area contributed by atoms with Crippen LogP contribution < -0.4 is 4.72 Å². The van der Waals surface area contributed by atoms with Crippen molar-refractivity contribution in [2.45, 2.75) is 31.1 Å². The summed E-state index contributed by atoms with van der Waals surface area (Å²) in [7, 11) is -3.72. The molecule has 0 aliphatic heterocycles. The Hall–Kier alpha value is -2.60. The first-order chi connectivity index (χ1) is 11.8. The van der Waals surface area contributed by atoms with E-state index >= 15 is 0 Å². The fourth-order valence-electron chi connectivity index (χ4n) is 2.39. The lowest BCUT2D eigenvalue weighted by Crippen LogP contribution is -2.15. The molecule has 3 rings (SSSR count). The lowest BCUT2D eigenvalue weighted by atomic mass is 9.87. The predicted octanol–water partition coefficient (Wildman–Crippen LogP) is 4.44. The number of hydrogen-bond acceptors (Lipinski definition) is 4. The zero-order valence-corrected chi connectivity index (χ0v) is 15.2. The topological polar surface area (TPSA) is 72.2 Å². The molecule has 0 fully saturated rings.